The molecule has 1 rings (SSSR count). The predicted molar refractivity (Wildman–Crippen MR) is 84.2 cm³/mol. The molecule has 0 radical (unpaired) electrons. The molecule has 0 saturated heterocycles. The minimum absolute atomic E-state index is 0.158. The first-order chi connectivity index (χ1) is 10.2. The van der Waals surface area contributed by atoms with Crippen LogP contribution in [-0.2, 0) is 20.7 Å². The van der Waals surface area contributed by atoms with Crippen molar-refractivity contribution in [1.82, 2.24) is 5.32 Å². The molecule has 1 aromatic rings. The molecule has 0 aliphatic rings. The van der Waals surface area contributed by atoms with Gasteiger partial charge in [0.05, 0.1) is 18.6 Å². The van der Waals surface area contributed by atoms with Crippen LogP contribution >= 0.6 is 0 Å². The number of hydrogen-bond acceptors (Lipinski definition) is 4. The lowest BCUT2D eigenvalue weighted by molar-refractivity contribution is -0.157. The Bertz CT molecular complexity index is 493. The first kappa shape index (κ1) is 18.2. The molecule has 2 atom stereocenters. The highest BCUT2D eigenvalue weighted by molar-refractivity contribution is 5.74. The molecular formula is C17H25NO4. The van der Waals surface area contributed by atoms with Crippen molar-refractivity contribution in [1.29, 1.82) is 0 Å². The second-order valence-electron chi connectivity index (χ2n) is 6.35. The van der Waals surface area contributed by atoms with Crippen molar-refractivity contribution in [3.63, 3.8) is 0 Å². The molecule has 0 heterocycles. The summed E-state index contributed by atoms with van der Waals surface area (Å²) in [7, 11) is 0. The third kappa shape index (κ3) is 7.22. The van der Waals surface area contributed by atoms with Gasteiger partial charge in [0, 0.05) is 6.92 Å². The molecule has 5 nitrogen and oxygen atoms in total. The summed E-state index contributed by atoms with van der Waals surface area (Å²) in [4.78, 5) is 23.1. The Kier molecular flexibility index (Phi) is 6.56. The monoisotopic (exact) mass is 307 g/mol. The summed E-state index contributed by atoms with van der Waals surface area (Å²) in [5.74, 6) is -0.729. The van der Waals surface area contributed by atoms with Gasteiger partial charge in [0.2, 0.25) is 5.91 Å². The molecule has 0 saturated carbocycles. The van der Waals surface area contributed by atoms with Crippen molar-refractivity contribution < 1.29 is 19.4 Å². The van der Waals surface area contributed by atoms with Crippen LogP contribution in [0.2, 0.25) is 0 Å². The van der Waals surface area contributed by atoms with Crippen molar-refractivity contribution in [3.8, 4) is 0 Å². The minimum atomic E-state index is -1.00. The van der Waals surface area contributed by atoms with Crippen LogP contribution in [0.25, 0.3) is 0 Å². The molecular weight excluding hydrogens is 282 g/mol. The zero-order valence-electron chi connectivity index (χ0n) is 13.6. The highest BCUT2D eigenvalue weighted by atomic mass is 16.6. The van der Waals surface area contributed by atoms with Gasteiger partial charge < -0.3 is 15.2 Å². The van der Waals surface area contributed by atoms with Crippen molar-refractivity contribution in [2.45, 2.75) is 58.3 Å². The normalized spacial score (nSPS) is 14.0. The van der Waals surface area contributed by atoms with Gasteiger partial charge in [0.1, 0.15) is 5.60 Å². The topological polar surface area (TPSA) is 75.6 Å². The van der Waals surface area contributed by atoms with Crippen LogP contribution in [0.5, 0.6) is 0 Å². The van der Waals surface area contributed by atoms with Crippen LogP contribution in [-0.4, -0.2) is 34.7 Å². The fourth-order valence-corrected chi connectivity index (χ4v) is 2.11. The maximum absolute atomic E-state index is 11.8. The summed E-state index contributed by atoms with van der Waals surface area (Å²) in [6.07, 6.45) is -0.710. The lowest BCUT2D eigenvalue weighted by Crippen LogP contribution is -2.45. The molecule has 1 aromatic carbocycles. The second kappa shape index (κ2) is 7.94. The highest BCUT2D eigenvalue weighted by Gasteiger charge is 2.26. The van der Waals surface area contributed by atoms with E-state index in [2.05, 4.69) is 5.32 Å². The third-order valence-electron chi connectivity index (χ3n) is 2.95. The van der Waals surface area contributed by atoms with Gasteiger partial charge in [-0.2, -0.15) is 0 Å². The first-order valence-corrected chi connectivity index (χ1v) is 7.38. The highest BCUT2D eigenvalue weighted by Crippen LogP contribution is 2.13. The van der Waals surface area contributed by atoms with Crippen LogP contribution in [0, 0.1) is 0 Å². The van der Waals surface area contributed by atoms with E-state index in [1.807, 2.05) is 30.3 Å². The molecule has 0 aliphatic heterocycles. The van der Waals surface area contributed by atoms with Gasteiger partial charge in [-0.15, -0.1) is 0 Å². The summed E-state index contributed by atoms with van der Waals surface area (Å²) in [5, 5.41) is 13.0. The second-order valence-corrected chi connectivity index (χ2v) is 6.35. The number of esters is 1. The SMILES string of the molecule is CC(=O)N[C@@H](Cc1ccccc1)[C@@H](O)CC(=O)OC(C)(C)C. The van der Waals surface area contributed by atoms with Crippen molar-refractivity contribution in [3.05, 3.63) is 35.9 Å². The van der Waals surface area contributed by atoms with E-state index in [9.17, 15) is 14.7 Å². The van der Waals surface area contributed by atoms with E-state index in [1.54, 1.807) is 20.8 Å². The standard InChI is InChI=1S/C17H25NO4/c1-12(19)18-14(10-13-8-6-5-7-9-13)15(20)11-16(21)22-17(2,3)4/h5-9,14-15,20H,10-11H2,1-4H3,(H,18,19)/t14-,15-/m0/s1. The van der Waals surface area contributed by atoms with Crippen molar-refractivity contribution in [2.75, 3.05) is 0 Å². The minimum Gasteiger partial charge on any atom is -0.460 e. The summed E-state index contributed by atoms with van der Waals surface area (Å²) in [6.45, 7) is 6.70. The van der Waals surface area contributed by atoms with Crippen LogP contribution in [0.4, 0.5) is 0 Å². The number of rotatable bonds is 6. The number of ether oxygens (including phenoxy) is 1. The molecule has 0 unspecified atom stereocenters. The third-order valence-corrected chi connectivity index (χ3v) is 2.95. The Hall–Kier alpha value is -1.88. The molecule has 122 valence electrons. The number of carbonyl (C=O) groups is 2. The molecule has 0 aromatic heterocycles. The Labute approximate surface area is 131 Å². The fourth-order valence-electron chi connectivity index (χ4n) is 2.11. The summed E-state index contributed by atoms with van der Waals surface area (Å²) in [6, 6.07) is 8.96. The van der Waals surface area contributed by atoms with E-state index in [0.29, 0.717) is 6.42 Å². The summed E-state index contributed by atoms with van der Waals surface area (Å²) in [5.41, 5.74) is 0.379. The predicted octanol–water partition coefficient (Wildman–Crippen LogP) is 1.83. The van der Waals surface area contributed by atoms with Gasteiger partial charge in [-0.3, -0.25) is 9.59 Å². The van der Waals surface area contributed by atoms with Crippen LogP contribution in [0.15, 0.2) is 30.3 Å². The van der Waals surface area contributed by atoms with E-state index < -0.39 is 23.7 Å². The Balaban J connectivity index is 2.70. The Morgan fingerprint density at radius 3 is 2.32 bits per heavy atom. The number of benzene rings is 1. The largest absolute Gasteiger partial charge is 0.460 e. The number of nitrogens with one attached hydrogen (secondary N) is 1. The van der Waals surface area contributed by atoms with Gasteiger partial charge >= 0.3 is 5.97 Å². The molecule has 0 bridgehead atoms. The first-order valence-electron chi connectivity index (χ1n) is 7.38. The molecule has 0 aliphatic carbocycles. The van der Waals surface area contributed by atoms with E-state index in [1.165, 1.54) is 6.92 Å². The number of carbonyl (C=O) groups excluding carboxylic acids is 2. The quantitative estimate of drug-likeness (QED) is 0.786. The van der Waals surface area contributed by atoms with Gasteiger partial charge in [0.25, 0.3) is 0 Å². The van der Waals surface area contributed by atoms with Crippen molar-refractivity contribution >= 4 is 11.9 Å². The maximum atomic E-state index is 11.8. The lowest BCUT2D eigenvalue weighted by atomic mass is 9.99. The number of hydrogen-bond donors (Lipinski definition) is 2. The molecule has 0 fully saturated rings. The van der Waals surface area contributed by atoms with E-state index in [-0.39, 0.29) is 12.3 Å². The van der Waals surface area contributed by atoms with E-state index in [0.717, 1.165) is 5.56 Å². The van der Waals surface area contributed by atoms with Gasteiger partial charge in [0.15, 0.2) is 0 Å². The summed E-state index contributed by atoms with van der Waals surface area (Å²) >= 11 is 0. The van der Waals surface area contributed by atoms with Gasteiger partial charge in [-0.25, -0.2) is 0 Å². The lowest BCUT2D eigenvalue weighted by Gasteiger charge is -2.25. The molecule has 0 spiro atoms. The average molecular weight is 307 g/mol. The van der Waals surface area contributed by atoms with Gasteiger partial charge in [-0.05, 0) is 32.8 Å². The Morgan fingerprint density at radius 1 is 1.23 bits per heavy atom. The average Bonchev–Trinajstić information content (AvgIpc) is 2.36. The van der Waals surface area contributed by atoms with Crippen LogP contribution in [0.1, 0.15) is 39.7 Å². The molecule has 1 amide bonds. The Morgan fingerprint density at radius 2 is 1.82 bits per heavy atom. The molecule has 22 heavy (non-hydrogen) atoms. The molecule has 2 N–H and O–H groups in total. The maximum Gasteiger partial charge on any atom is 0.309 e. The zero-order chi connectivity index (χ0) is 16.8. The van der Waals surface area contributed by atoms with E-state index in [4.69, 9.17) is 4.74 Å². The smallest absolute Gasteiger partial charge is 0.309 e. The van der Waals surface area contributed by atoms with Crippen LogP contribution in [0.3, 0.4) is 0 Å². The van der Waals surface area contributed by atoms with Gasteiger partial charge in [-0.1, -0.05) is 30.3 Å². The fraction of sp³-hybridized carbons (Fsp3) is 0.529. The zero-order valence-corrected chi connectivity index (χ0v) is 13.6. The van der Waals surface area contributed by atoms with E-state index >= 15 is 0 Å². The number of aliphatic hydroxyl groups excluding tert-OH is 1. The van der Waals surface area contributed by atoms with Crippen LogP contribution < -0.4 is 5.32 Å². The summed E-state index contributed by atoms with van der Waals surface area (Å²) < 4.78 is 5.20. The number of amides is 1. The van der Waals surface area contributed by atoms with Crippen molar-refractivity contribution in [2.24, 2.45) is 0 Å². The molecule has 5 heteroatoms. The number of aliphatic hydroxyl groups is 1.